The summed E-state index contributed by atoms with van der Waals surface area (Å²) in [5, 5.41) is 6.77. The molecule has 0 saturated carbocycles. The summed E-state index contributed by atoms with van der Waals surface area (Å²) in [6.45, 7) is 55.0. The van der Waals surface area contributed by atoms with Crippen LogP contribution >= 0.6 is 0 Å². The van der Waals surface area contributed by atoms with Crippen LogP contribution in [0.15, 0.2) is 0 Å². The number of likely N-dealkylation sites (tertiary alicyclic amines) is 3. The van der Waals surface area contributed by atoms with Crippen molar-refractivity contribution in [3.8, 4) is 0 Å². The summed E-state index contributed by atoms with van der Waals surface area (Å²) in [5.41, 5.74) is 2.61. The summed E-state index contributed by atoms with van der Waals surface area (Å²) < 4.78 is 0. The van der Waals surface area contributed by atoms with Gasteiger partial charge in [-0.3, -0.25) is 0 Å². The lowest BCUT2D eigenvalue weighted by molar-refractivity contribution is 0.116. The van der Waals surface area contributed by atoms with Gasteiger partial charge in [-0.1, -0.05) is 125 Å². The van der Waals surface area contributed by atoms with Crippen LogP contribution in [0, 0.1) is 56.7 Å². The van der Waals surface area contributed by atoms with Crippen molar-refractivity contribution in [2.24, 2.45) is 56.7 Å². The van der Waals surface area contributed by atoms with Gasteiger partial charge < -0.3 is 25.3 Å². The van der Waals surface area contributed by atoms with Gasteiger partial charge in [-0.05, 0) is 174 Å². The predicted molar refractivity (Wildman–Crippen MR) is 241 cm³/mol. The fourth-order valence-electron chi connectivity index (χ4n) is 8.67. The minimum Gasteiger partial charge on any atom is -0.317 e. The number of piperidine rings is 2. The molecule has 5 aliphatic heterocycles. The number of hydrogen-bond acceptors (Lipinski definition) is 5. The van der Waals surface area contributed by atoms with Crippen LogP contribution in [-0.4, -0.2) is 100 Å². The molecule has 0 amide bonds. The standard InChI is InChI=1S/C11H23N.C10H21N.2C9H19N.C8H17N.CH4/c1-5-12-8-6-10(7-9-12)11(2,3)4;1-5-11-7-6-9(8-11)10(2,3)4;1-9(2,3)8-5-6-10(4)7-8;1-9(2,3)8-4-6-10-7-5-8;1-8(2,3)7-4-5-9-6-7;/h10H,5-9H2,1-4H3;9H,5-8H2,1-4H3;8H,5-7H2,1-4H3;8,10H,4-7H2,1-3H3;7,9H,4-6H2,1-3H3;1H4. The van der Waals surface area contributed by atoms with E-state index in [1.165, 1.54) is 123 Å². The van der Waals surface area contributed by atoms with Crippen molar-refractivity contribution in [1.29, 1.82) is 0 Å². The van der Waals surface area contributed by atoms with E-state index < -0.39 is 0 Å². The van der Waals surface area contributed by atoms with Gasteiger partial charge in [0.25, 0.3) is 0 Å². The molecule has 5 heterocycles. The van der Waals surface area contributed by atoms with Crippen molar-refractivity contribution in [1.82, 2.24) is 25.3 Å². The lowest BCUT2D eigenvalue weighted by Gasteiger charge is -2.38. The summed E-state index contributed by atoms with van der Waals surface area (Å²) in [4.78, 5) is 7.54. The molecule has 0 radical (unpaired) electrons. The average molecular weight is 750 g/mol. The number of rotatable bonds is 2. The minimum atomic E-state index is 0. The maximum absolute atomic E-state index is 3.39. The molecule has 5 fully saturated rings. The molecule has 53 heavy (non-hydrogen) atoms. The Labute approximate surface area is 336 Å². The third-order valence-electron chi connectivity index (χ3n) is 13.7. The summed E-state index contributed by atoms with van der Waals surface area (Å²) in [6, 6.07) is 0. The number of nitrogens with zero attached hydrogens (tertiary/aromatic N) is 3. The highest BCUT2D eigenvalue weighted by Gasteiger charge is 2.32. The van der Waals surface area contributed by atoms with Gasteiger partial charge in [0, 0.05) is 13.1 Å². The van der Waals surface area contributed by atoms with Crippen LogP contribution in [0.25, 0.3) is 0 Å². The van der Waals surface area contributed by atoms with Gasteiger partial charge in [-0.2, -0.15) is 0 Å². The molecule has 5 heteroatoms. The molecule has 3 unspecified atom stereocenters. The molecule has 0 aromatic rings. The highest BCUT2D eigenvalue weighted by Crippen LogP contribution is 2.36. The zero-order chi connectivity index (χ0) is 40.0. The Morgan fingerprint density at radius 1 is 0.415 bits per heavy atom. The smallest absolute Gasteiger partial charge is 0.00150 e. The lowest BCUT2D eigenvalue weighted by Crippen LogP contribution is -2.37. The molecular formula is C48H103N5. The van der Waals surface area contributed by atoms with Crippen LogP contribution in [0.2, 0.25) is 0 Å². The van der Waals surface area contributed by atoms with Gasteiger partial charge in [0.1, 0.15) is 0 Å². The third kappa shape index (κ3) is 21.8. The van der Waals surface area contributed by atoms with Crippen LogP contribution < -0.4 is 10.6 Å². The number of hydrogen-bond donors (Lipinski definition) is 2. The highest BCUT2D eigenvalue weighted by atomic mass is 15.1. The Bertz CT molecular complexity index is 876. The van der Waals surface area contributed by atoms with Crippen LogP contribution in [0.3, 0.4) is 0 Å². The highest BCUT2D eigenvalue weighted by molar-refractivity contribution is 4.84. The summed E-state index contributed by atoms with van der Waals surface area (Å²) >= 11 is 0. The van der Waals surface area contributed by atoms with E-state index in [1.54, 1.807) is 0 Å². The molecule has 5 nitrogen and oxygen atoms in total. The van der Waals surface area contributed by atoms with Crippen LogP contribution in [0.5, 0.6) is 0 Å². The van der Waals surface area contributed by atoms with Crippen LogP contribution in [0.1, 0.15) is 170 Å². The summed E-state index contributed by atoms with van der Waals surface area (Å²) in [6.07, 6.45) is 9.68. The van der Waals surface area contributed by atoms with Crippen molar-refractivity contribution in [2.75, 3.05) is 85.6 Å². The normalized spacial score (nSPS) is 25.8. The van der Waals surface area contributed by atoms with Crippen molar-refractivity contribution in [3.05, 3.63) is 0 Å². The molecule has 320 valence electrons. The molecular weight excluding hydrogens is 647 g/mol. The molecule has 0 bridgehead atoms. The Morgan fingerprint density at radius 2 is 0.755 bits per heavy atom. The first-order valence-corrected chi connectivity index (χ1v) is 22.3. The van der Waals surface area contributed by atoms with Gasteiger partial charge in [0.15, 0.2) is 0 Å². The van der Waals surface area contributed by atoms with E-state index in [2.05, 4.69) is 150 Å². The van der Waals surface area contributed by atoms with Crippen molar-refractivity contribution in [2.45, 2.75) is 170 Å². The molecule has 5 saturated heterocycles. The topological polar surface area (TPSA) is 33.8 Å². The predicted octanol–water partition coefficient (Wildman–Crippen LogP) is 11.4. The first-order chi connectivity index (χ1) is 23.8. The molecule has 0 aromatic carbocycles. The first kappa shape index (κ1) is 52.8. The summed E-state index contributed by atoms with van der Waals surface area (Å²) in [7, 11) is 2.21. The van der Waals surface area contributed by atoms with Gasteiger partial charge in [0.05, 0.1) is 0 Å². The Kier molecular flexibility index (Phi) is 23.8. The largest absolute Gasteiger partial charge is 0.317 e. The zero-order valence-corrected chi connectivity index (χ0v) is 39.2. The third-order valence-corrected chi connectivity index (χ3v) is 13.7. The van der Waals surface area contributed by atoms with Gasteiger partial charge in [-0.25, -0.2) is 0 Å². The van der Waals surface area contributed by atoms with Crippen molar-refractivity contribution < 1.29 is 0 Å². The first-order valence-electron chi connectivity index (χ1n) is 22.3. The van der Waals surface area contributed by atoms with E-state index in [0.29, 0.717) is 27.1 Å². The average Bonchev–Trinajstić information content (AvgIpc) is 3.84. The second-order valence-electron chi connectivity index (χ2n) is 22.9. The van der Waals surface area contributed by atoms with Gasteiger partial charge >= 0.3 is 0 Å². The molecule has 5 rings (SSSR count). The maximum Gasteiger partial charge on any atom is 0.00150 e. The van der Waals surface area contributed by atoms with E-state index >= 15 is 0 Å². The van der Waals surface area contributed by atoms with E-state index in [0.717, 1.165) is 29.6 Å². The van der Waals surface area contributed by atoms with E-state index in [-0.39, 0.29) is 7.43 Å². The Balaban J connectivity index is 0.000000637. The molecule has 3 atom stereocenters. The molecule has 0 spiro atoms. The minimum absolute atomic E-state index is 0. The Hall–Kier alpha value is -0.200. The van der Waals surface area contributed by atoms with Gasteiger partial charge in [0.2, 0.25) is 0 Å². The van der Waals surface area contributed by atoms with Crippen LogP contribution in [-0.2, 0) is 0 Å². The molecule has 2 N–H and O–H groups in total. The molecule has 5 aliphatic rings. The van der Waals surface area contributed by atoms with Crippen molar-refractivity contribution in [3.63, 3.8) is 0 Å². The van der Waals surface area contributed by atoms with E-state index in [4.69, 9.17) is 0 Å². The fourth-order valence-corrected chi connectivity index (χ4v) is 8.67. The molecule has 0 aliphatic carbocycles. The summed E-state index contributed by atoms with van der Waals surface area (Å²) in [5.74, 6) is 4.62. The maximum atomic E-state index is 3.39. The van der Waals surface area contributed by atoms with Gasteiger partial charge in [-0.15, -0.1) is 0 Å². The second-order valence-corrected chi connectivity index (χ2v) is 22.9. The van der Waals surface area contributed by atoms with Crippen molar-refractivity contribution >= 4 is 0 Å². The zero-order valence-electron chi connectivity index (χ0n) is 39.2. The SMILES string of the molecule is C.CC(C)(C)C1CCNC1.CC(C)(C)C1CCNCC1.CCN1CCC(C(C)(C)C)C1.CCN1CCC(C(C)(C)C)CC1.CN1CCC(C(C)(C)C)C1. The lowest BCUT2D eigenvalue weighted by atomic mass is 9.75. The monoisotopic (exact) mass is 750 g/mol. The number of nitrogens with one attached hydrogen (secondary N) is 2. The quantitative estimate of drug-likeness (QED) is 0.294. The fraction of sp³-hybridized carbons (Fsp3) is 1.00. The van der Waals surface area contributed by atoms with E-state index in [9.17, 15) is 0 Å². The van der Waals surface area contributed by atoms with Crippen LogP contribution in [0.4, 0.5) is 0 Å². The molecule has 0 aromatic heterocycles. The second kappa shape index (κ2) is 23.9. The van der Waals surface area contributed by atoms with E-state index in [1.807, 2.05) is 0 Å². The Morgan fingerprint density at radius 3 is 1.02 bits per heavy atom.